The monoisotopic (exact) mass is 1080 g/mol. The highest BCUT2D eigenvalue weighted by atomic mass is 32.2. The van der Waals surface area contributed by atoms with Gasteiger partial charge in [-0.1, -0.05) is 30.4 Å². The average Bonchev–Trinajstić information content (AvgIpc) is 3.69. The second-order valence-corrected chi connectivity index (χ2v) is 22.1. The lowest BCUT2D eigenvalue weighted by molar-refractivity contribution is -0.438. The third-order valence-corrected chi connectivity index (χ3v) is 15.0. The van der Waals surface area contributed by atoms with Crippen LogP contribution in [0.2, 0.25) is 0 Å². The number of carbonyl (C=O) groups is 1. The van der Waals surface area contributed by atoms with Gasteiger partial charge in [0.15, 0.2) is 5.71 Å². The van der Waals surface area contributed by atoms with Crippen molar-refractivity contribution in [2.24, 2.45) is 0 Å². The van der Waals surface area contributed by atoms with Gasteiger partial charge in [0.25, 0.3) is 20.2 Å². The number of nitrogens with zero attached hydrogens (tertiary/aromatic N) is 2. The Bertz CT molecular complexity index is 2610. The zero-order valence-electron chi connectivity index (χ0n) is 42.1. The van der Waals surface area contributed by atoms with Crippen LogP contribution in [0.3, 0.4) is 0 Å². The van der Waals surface area contributed by atoms with Crippen LogP contribution in [0.15, 0.2) is 94.4 Å². The van der Waals surface area contributed by atoms with Gasteiger partial charge in [-0.25, -0.2) is 8.42 Å². The van der Waals surface area contributed by atoms with Gasteiger partial charge in [0, 0.05) is 74.7 Å². The molecule has 2 aromatic rings. The Morgan fingerprint density at radius 3 is 1.79 bits per heavy atom. The SMILES string of the molecule is COCCOCCOCCOCCOCCOCCN1/C(=C/C=C/C=C/C=C/C2=[N+](CCCCCC(=O)O)c3ccc(S(=O)(=O)O)cc3C2(C)CCOC)C(C)(CCCS(=O)(=O)O)c2cc(S(=O)(=O)[O-])ccc21. The molecule has 2 heterocycles. The minimum absolute atomic E-state index is 0.0139. The Morgan fingerprint density at radius 1 is 0.658 bits per heavy atom. The molecule has 408 valence electrons. The average molecular weight is 1090 g/mol. The van der Waals surface area contributed by atoms with Crippen molar-refractivity contribution in [1.82, 2.24) is 0 Å². The van der Waals surface area contributed by atoms with Crippen molar-refractivity contribution in [1.29, 1.82) is 0 Å². The number of aliphatic carboxylic acids is 1. The van der Waals surface area contributed by atoms with E-state index < -0.39 is 57.8 Å². The lowest BCUT2D eigenvalue weighted by Gasteiger charge is -2.30. The van der Waals surface area contributed by atoms with Gasteiger partial charge >= 0.3 is 5.97 Å². The third-order valence-electron chi connectivity index (χ3n) is 12.5. The van der Waals surface area contributed by atoms with Gasteiger partial charge in [0.2, 0.25) is 5.69 Å². The molecule has 0 spiro atoms. The van der Waals surface area contributed by atoms with E-state index in [9.17, 15) is 43.7 Å². The van der Waals surface area contributed by atoms with Crippen LogP contribution in [0.5, 0.6) is 0 Å². The third kappa shape index (κ3) is 19.1. The summed E-state index contributed by atoms with van der Waals surface area (Å²) in [4.78, 5) is 12.4. The molecule has 2 aliphatic heterocycles. The van der Waals surface area contributed by atoms with E-state index in [1.54, 1.807) is 50.7 Å². The van der Waals surface area contributed by atoms with Crippen molar-refractivity contribution in [2.45, 2.75) is 79.4 Å². The molecule has 73 heavy (non-hydrogen) atoms. The molecule has 0 saturated heterocycles. The van der Waals surface area contributed by atoms with E-state index in [1.807, 2.05) is 37.0 Å². The number of anilines is 1. The molecule has 20 nitrogen and oxygen atoms in total. The molecule has 0 amide bonds. The summed E-state index contributed by atoms with van der Waals surface area (Å²) in [5.74, 6) is -1.41. The van der Waals surface area contributed by atoms with Crippen molar-refractivity contribution in [2.75, 3.05) is 117 Å². The molecule has 2 aromatic carbocycles. The van der Waals surface area contributed by atoms with Crippen molar-refractivity contribution < 1.29 is 86.5 Å². The molecule has 3 N–H and O–H groups in total. The summed E-state index contributed by atoms with van der Waals surface area (Å²) in [7, 11) is -10.5. The normalized spacial score (nSPS) is 18.9. The highest BCUT2D eigenvalue weighted by Crippen LogP contribution is 2.51. The Balaban J connectivity index is 1.54. The second kappa shape index (κ2) is 29.8. The number of fused-ring (bicyclic) bond motifs is 2. The van der Waals surface area contributed by atoms with Gasteiger partial charge in [-0.2, -0.15) is 21.4 Å². The quantitative estimate of drug-likeness (QED) is 0.0321. The number of unbranched alkanes of at least 4 members (excludes halogenated alkanes) is 2. The predicted molar refractivity (Wildman–Crippen MR) is 272 cm³/mol. The molecule has 0 saturated carbocycles. The number of rotatable bonds is 37. The van der Waals surface area contributed by atoms with Crippen LogP contribution < -0.4 is 4.90 Å². The number of ether oxygens (including phenoxy) is 7. The molecule has 0 bridgehead atoms. The van der Waals surface area contributed by atoms with Gasteiger partial charge in [-0.3, -0.25) is 13.9 Å². The maximum atomic E-state index is 12.2. The number of benzene rings is 2. The molecule has 0 aliphatic carbocycles. The van der Waals surface area contributed by atoms with E-state index >= 15 is 0 Å². The van der Waals surface area contributed by atoms with Gasteiger partial charge in [0.1, 0.15) is 16.7 Å². The van der Waals surface area contributed by atoms with E-state index in [-0.39, 0.29) is 43.9 Å². The number of carboxylic acid groups (broad SMARTS) is 1. The Hall–Kier alpha value is -4.21. The molecule has 0 fully saturated rings. The molecule has 2 atom stereocenters. The molecular formula is C50H72N2O18S3. The van der Waals surface area contributed by atoms with E-state index in [0.29, 0.717) is 121 Å². The number of hydrogen-bond donors (Lipinski definition) is 3. The largest absolute Gasteiger partial charge is 0.744 e. The summed E-state index contributed by atoms with van der Waals surface area (Å²) in [5, 5.41) is 9.15. The molecule has 0 radical (unpaired) electrons. The number of hydrogen-bond acceptors (Lipinski definition) is 16. The second-order valence-electron chi connectivity index (χ2n) is 17.7. The van der Waals surface area contributed by atoms with Crippen LogP contribution in [0, 0.1) is 0 Å². The highest BCUT2D eigenvalue weighted by Gasteiger charge is 2.48. The van der Waals surface area contributed by atoms with Gasteiger partial charge in [-0.05, 0) is 87.9 Å². The van der Waals surface area contributed by atoms with Crippen molar-refractivity contribution in [3.8, 4) is 0 Å². The lowest BCUT2D eigenvalue weighted by atomic mass is 9.76. The topological polar surface area (TPSA) is 274 Å². The summed E-state index contributed by atoms with van der Waals surface area (Å²) in [6, 6.07) is 8.60. The van der Waals surface area contributed by atoms with E-state index in [1.165, 1.54) is 24.3 Å². The van der Waals surface area contributed by atoms with Crippen molar-refractivity contribution in [3.63, 3.8) is 0 Å². The molecule has 2 aliphatic rings. The van der Waals surface area contributed by atoms with Gasteiger partial charge < -0.3 is 47.7 Å². The lowest BCUT2D eigenvalue weighted by Crippen LogP contribution is -2.33. The Kier molecular flexibility index (Phi) is 25.0. The van der Waals surface area contributed by atoms with Crippen LogP contribution in [0.4, 0.5) is 11.4 Å². The Morgan fingerprint density at radius 2 is 1.22 bits per heavy atom. The molecule has 4 rings (SSSR count). The maximum Gasteiger partial charge on any atom is 0.303 e. The number of carboxylic acids is 1. The summed E-state index contributed by atoms with van der Waals surface area (Å²) >= 11 is 0. The summed E-state index contributed by atoms with van der Waals surface area (Å²) in [6.45, 7) is 9.20. The summed E-state index contributed by atoms with van der Waals surface area (Å²) in [5.41, 5.74) is 2.28. The molecule has 2 unspecified atom stereocenters. The molecule has 0 aromatic heterocycles. The minimum atomic E-state index is -4.86. The van der Waals surface area contributed by atoms with E-state index in [2.05, 4.69) is 4.58 Å². The Labute approximate surface area is 430 Å². The summed E-state index contributed by atoms with van der Waals surface area (Å²) in [6.07, 6.45) is 15.2. The smallest absolute Gasteiger partial charge is 0.303 e. The molecule has 23 heteroatoms. The van der Waals surface area contributed by atoms with Crippen LogP contribution in [0.1, 0.15) is 69.9 Å². The summed E-state index contributed by atoms with van der Waals surface area (Å²) < 4.78 is 145. The van der Waals surface area contributed by atoms with E-state index in [0.717, 1.165) is 11.4 Å². The first-order chi connectivity index (χ1) is 34.7. The highest BCUT2D eigenvalue weighted by molar-refractivity contribution is 7.86. The fraction of sp³-hybridized carbons (Fsp3) is 0.560. The fourth-order valence-electron chi connectivity index (χ4n) is 8.79. The van der Waals surface area contributed by atoms with Crippen LogP contribution in [0.25, 0.3) is 0 Å². The van der Waals surface area contributed by atoms with Crippen LogP contribution >= 0.6 is 0 Å². The minimum Gasteiger partial charge on any atom is -0.744 e. The predicted octanol–water partition coefficient (Wildman–Crippen LogP) is 5.60. The number of allylic oxidation sites excluding steroid dienone is 8. The molecular weight excluding hydrogens is 1010 g/mol. The maximum absolute atomic E-state index is 12.2. The van der Waals surface area contributed by atoms with Gasteiger partial charge in [0.05, 0.1) is 93.6 Å². The first-order valence-corrected chi connectivity index (χ1v) is 28.5. The zero-order chi connectivity index (χ0) is 53.5. The first-order valence-electron chi connectivity index (χ1n) is 24.1. The van der Waals surface area contributed by atoms with Crippen molar-refractivity contribution >= 4 is 53.4 Å². The zero-order valence-corrected chi connectivity index (χ0v) is 44.6. The van der Waals surface area contributed by atoms with Gasteiger partial charge in [-0.15, -0.1) is 0 Å². The fourth-order valence-corrected chi connectivity index (χ4v) is 10.3. The standard InChI is InChI=1S/C50H72N2O18S3/c1-49(21-13-37-71(55,56)57)42-38-40(72(58,59)60)18-20-45(42)52(24-26-66-29-30-68-33-34-70-36-35-69-32-31-67-28-27-65-4)46(49)14-9-6-5-7-10-15-47-50(2,22-25-64-3)43-39-41(73(61,62)63)17-19-44(43)51(47)23-12-8-11-16-48(53)54/h5-7,9-10,14-15,17-20,38-39H,8,11-13,16,21-37H2,1-4H3,(H3-,53,54,55,56,57,58,59,60,61,62,63). The van der Waals surface area contributed by atoms with Crippen molar-refractivity contribution in [3.05, 3.63) is 95.8 Å². The van der Waals surface area contributed by atoms with Crippen LogP contribution in [-0.2, 0) is 79.1 Å². The first kappa shape index (κ1) is 61.3. The number of methoxy groups -OCH3 is 2. The van der Waals surface area contributed by atoms with E-state index in [4.69, 9.17) is 38.3 Å². The van der Waals surface area contributed by atoms with Crippen LogP contribution in [-0.4, -0.2) is 173 Å².